The number of piperidine rings is 1. The number of alkyl halides is 2. The second-order valence-electron chi connectivity index (χ2n) is 4.28. The smallest absolute Gasteiger partial charge is 0.253 e. The maximum absolute atomic E-state index is 12.2. The minimum Gasteiger partial charge on any atom is -0.309 e. The van der Waals surface area contributed by atoms with Crippen LogP contribution in [-0.4, -0.2) is 44.0 Å². The molecule has 1 N–H and O–H groups in total. The van der Waals surface area contributed by atoms with E-state index in [1.807, 2.05) is 0 Å². The average Bonchev–Trinajstić information content (AvgIpc) is 2.16. The molecular formula is C10H20F2N2. The molecule has 4 heteroatoms. The number of nitrogens with one attached hydrogen (secondary N) is 1. The van der Waals surface area contributed by atoms with Gasteiger partial charge in [0.2, 0.25) is 0 Å². The molecule has 0 bridgehead atoms. The highest BCUT2D eigenvalue weighted by molar-refractivity contribution is 4.73. The minimum absolute atomic E-state index is 0.576. The first-order chi connectivity index (χ1) is 6.59. The molecule has 1 unspecified atom stereocenters. The van der Waals surface area contributed by atoms with Crippen LogP contribution >= 0.6 is 0 Å². The van der Waals surface area contributed by atoms with E-state index in [0.29, 0.717) is 5.92 Å². The zero-order chi connectivity index (χ0) is 10.6. The van der Waals surface area contributed by atoms with E-state index in [9.17, 15) is 8.78 Å². The third-order valence-corrected chi connectivity index (χ3v) is 2.94. The van der Waals surface area contributed by atoms with Crippen LogP contribution in [0, 0.1) is 5.92 Å². The molecule has 0 aromatic carbocycles. The Morgan fingerprint density at radius 3 is 2.43 bits per heavy atom. The van der Waals surface area contributed by atoms with Gasteiger partial charge in [-0.25, -0.2) is 8.78 Å². The summed E-state index contributed by atoms with van der Waals surface area (Å²) >= 11 is 0. The van der Waals surface area contributed by atoms with Crippen LogP contribution in [0.3, 0.4) is 0 Å². The summed E-state index contributed by atoms with van der Waals surface area (Å²) in [6.07, 6.45) is 0.0000953. The fourth-order valence-corrected chi connectivity index (χ4v) is 1.71. The molecular weight excluding hydrogens is 186 g/mol. The van der Waals surface area contributed by atoms with Gasteiger partial charge in [-0.2, -0.15) is 0 Å². The van der Waals surface area contributed by atoms with Crippen molar-refractivity contribution in [2.45, 2.75) is 32.2 Å². The number of hydrogen-bond acceptors (Lipinski definition) is 2. The molecule has 84 valence electrons. The molecule has 0 amide bonds. The summed E-state index contributed by atoms with van der Waals surface area (Å²) < 4.78 is 24.3. The maximum atomic E-state index is 12.2. The van der Waals surface area contributed by atoms with Crippen molar-refractivity contribution in [1.82, 2.24) is 10.2 Å². The Morgan fingerprint density at radius 2 is 1.93 bits per heavy atom. The van der Waals surface area contributed by atoms with E-state index in [1.165, 1.54) is 0 Å². The van der Waals surface area contributed by atoms with Gasteiger partial charge in [0, 0.05) is 0 Å². The molecule has 1 heterocycles. The standard InChI is InChI=1S/C10H20F2N2/c1-8(10(11)12)13-7-9-3-5-14(2)6-4-9/h8-10,13H,3-7H2,1-2H3. The molecule has 0 saturated carbocycles. The van der Waals surface area contributed by atoms with Gasteiger partial charge in [-0.15, -0.1) is 0 Å². The monoisotopic (exact) mass is 206 g/mol. The van der Waals surface area contributed by atoms with E-state index in [-0.39, 0.29) is 0 Å². The molecule has 1 aliphatic heterocycles. The molecule has 0 aromatic rings. The molecule has 14 heavy (non-hydrogen) atoms. The van der Waals surface area contributed by atoms with E-state index < -0.39 is 12.5 Å². The van der Waals surface area contributed by atoms with E-state index in [2.05, 4.69) is 17.3 Å². The van der Waals surface area contributed by atoms with Crippen LogP contribution in [0.1, 0.15) is 19.8 Å². The Kier molecular flexibility index (Phi) is 4.75. The molecule has 0 radical (unpaired) electrons. The lowest BCUT2D eigenvalue weighted by Gasteiger charge is -2.29. The van der Waals surface area contributed by atoms with Gasteiger partial charge in [0.05, 0.1) is 6.04 Å². The van der Waals surface area contributed by atoms with Gasteiger partial charge in [0.15, 0.2) is 0 Å². The Labute approximate surface area is 84.7 Å². The predicted octanol–water partition coefficient (Wildman–Crippen LogP) is 1.57. The largest absolute Gasteiger partial charge is 0.309 e. The normalized spacial score (nSPS) is 22.9. The van der Waals surface area contributed by atoms with Gasteiger partial charge in [-0.05, 0) is 52.4 Å². The molecule has 1 aliphatic rings. The number of hydrogen-bond donors (Lipinski definition) is 1. The van der Waals surface area contributed by atoms with Crippen LogP contribution < -0.4 is 5.32 Å². The van der Waals surface area contributed by atoms with Gasteiger partial charge in [-0.1, -0.05) is 0 Å². The van der Waals surface area contributed by atoms with Gasteiger partial charge in [-0.3, -0.25) is 0 Å². The summed E-state index contributed by atoms with van der Waals surface area (Å²) in [6.45, 7) is 4.46. The first-order valence-corrected chi connectivity index (χ1v) is 5.29. The molecule has 1 atom stereocenters. The topological polar surface area (TPSA) is 15.3 Å². The number of halogens is 2. The first-order valence-electron chi connectivity index (χ1n) is 5.29. The zero-order valence-corrected chi connectivity index (χ0v) is 8.97. The van der Waals surface area contributed by atoms with Gasteiger partial charge in [0.1, 0.15) is 0 Å². The zero-order valence-electron chi connectivity index (χ0n) is 8.97. The van der Waals surface area contributed by atoms with Crippen molar-refractivity contribution in [2.24, 2.45) is 5.92 Å². The molecule has 0 spiro atoms. The second-order valence-corrected chi connectivity index (χ2v) is 4.28. The Morgan fingerprint density at radius 1 is 1.36 bits per heavy atom. The van der Waals surface area contributed by atoms with E-state index in [4.69, 9.17) is 0 Å². The highest BCUT2D eigenvalue weighted by Crippen LogP contribution is 2.15. The van der Waals surface area contributed by atoms with Gasteiger partial charge in [0.25, 0.3) is 6.43 Å². The summed E-state index contributed by atoms with van der Waals surface area (Å²) in [7, 11) is 2.10. The van der Waals surface area contributed by atoms with Crippen molar-refractivity contribution in [3.8, 4) is 0 Å². The molecule has 0 aliphatic carbocycles. The van der Waals surface area contributed by atoms with Crippen molar-refractivity contribution in [2.75, 3.05) is 26.7 Å². The van der Waals surface area contributed by atoms with Crippen LogP contribution in [0.25, 0.3) is 0 Å². The predicted molar refractivity (Wildman–Crippen MR) is 53.7 cm³/mol. The highest BCUT2D eigenvalue weighted by atomic mass is 19.3. The minimum atomic E-state index is -2.25. The average molecular weight is 206 g/mol. The summed E-state index contributed by atoms with van der Waals surface area (Å²) in [4.78, 5) is 2.28. The first kappa shape index (κ1) is 11.9. The summed E-state index contributed by atoms with van der Waals surface area (Å²) in [5, 5.41) is 2.90. The number of nitrogens with zero attached hydrogens (tertiary/aromatic N) is 1. The van der Waals surface area contributed by atoms with Crippen molar-refractivity contribution >= 4 is 0 Å². The van der Waals surface area contributed by atoms with Crippen molar-refractivity contribution in [3.63, 3.8) is 0 Å². The third kappa shape index (κ3) is 3.88. The fourth-order valence-electron chi connectivity index (χ4n) is 1.71. The lowest BCUT2D eigenvalue weighted by molar-refractivity contribution is 0.101. The SMILES string of the molecule is CC(NCC1CCN(C)CC1)C(F)F. The van der Waals surface area contributed by atoms with E-state index in [1.54, 1.807) is 6.92 Å². The summed E-state index contributed by atoms with van der Waals surface area (Å²) in [5.74, 6) is 0.576. The second kappa shape index (κ2) is 5.61. The molecule has 1 saturated heterocycles. The molecule has 1 fully saturated rings. The Balaban J connectivity index is 2.13. The van der Waals surface area contributed by atoms with Gasteiger partial charge >= 0.3 is 0 Å². The van der Waals surface area contributed by atoms with Crippen LogP contribution in [-0.2, 0) is 0 Å². The van der Waals surface area contributed by atoms with Crippen molar-refractivity contribution in [1.29, 1.82) is 0 Å². The maximum Gasteiger partial charge on any atom is 0.253 e. The van der Waals surface area contributed by atoms with Crippen molar-refractivity contribution in [3.05, 3.63) is 0 Å². The van der Waals surface area contributed by atoms with Crippen LogP contribution in [0.5, 0.6) is 0 Å². The number of rotatable bonds is 4. The Hall–Kier alpha value is -0.220. The van der Waals surface area contributed by atoms with Crippen LogP contribution in [0.4, 0.5) is 8.78 Å². The Bertz CT molecular complexity index is 156. The summed E-state index contributed by atoms with van der Waals surface area (Å²) in [5.41, 5.74) is 0. The van der Waals surface area contributed by atoms with E-state index in [0.717, 1.165) is 32.5 Å². The lowest BCUT2D eigenvalue weighted by atomic mass is 9.97. The molecule has 0 aromatic heterocycles. The number of likely N-dealkylation sites (tertiary alicyclic amines) is 1. The highest BCUT2D eigenvalue weighted by Gasteiger charge is 2.19. The van der Waals surface area contributed by atoms with E-state index >= 15 is 0 Å². The van der Waals surface area contributed by atoms with Gasteiger partial charge < -0.3 is 10.2 Å². The fraction of sp³-hybridized carbons (Fsp3) is 1.00. The van der Waals surface area contributed by atoms with Crippen LogP contribution in [0.2, 0.25) is 0 Å². The quantitative estimate of drug-likeness (QED) is 0.751. The summed E-state index contributed by atoms with van der Waals surface area (Å²) in [6, 6.07) is -0.672. The molecule has 2 nitrogen and oxygen atoms in total. The molecule has 1 rings (SSSR count). The van der Waals surface area contributed by atoms with Crippen LogP contribution in [0.15, 0.2) is 0 Å². The lowest BCUT2D eigenvalue weighted by Crippen LogP contribution is -2.40. The van der Waals surface area contributed by atoms with Crippen molar-refractivity contribution < 1.29 is 8.78 Å². The third-order valence-electron chi connectivity index (χ3n) is 2.94.